The van der Waals surface area contributed by atoms with Gasteiger partial charge in [-0.15, -0.1) is 0 Å². The van der Waals surface area contributed by atoms with Crippen LogP contribution in [0.1, 0.15) is 61.2 Å². The molecule has 3 aromatic rings. The molecule has 0 saturated carbocycles. The van der Waals surface area contributed by atoms with E-state index in [1.165, 1.54) is 7.11 Å². The van der Waals surface area contributed by atoms with Gasteiger partial charge in [-0.1, -0.05) is 19.1 Å². The standard InChI is InChI=1S/C29H35N3O5/c1-7-12-31-26(33)18(2)13-19-8-11-24-23(14-19)22(17-32(24)29(3,4)28(30)35)15-20-9-10-21(27(34)37-6)16-25(20)36-5/h8-11,13-14,16-17H,7,12,15H2,1-6H3,(H2,30,35)(H,31,33)/b18-13+. The van der Waals surface area contributed by atoms with Crippen molar-refractivity contribution >= 4 is 34.8 Å². The molecule has 2 aromatic carbocycles. The number of hydrogen-bond acceptors (Lipinski definition) is 5. The maximum atomic E-state index is 12.4. The summed E-state index contributed by atoms with van der Waals surface area (Å²) >= 11 is 0. The zero-order valence-corrected chi connectivity index (χ0v) is 22.3. The molecule has 3 rings (SSSR count). The molecule has 0 saturated heterocycles. The number of methoxy groups -OCH3 is 2. The van der Waals surface area contributed by atoms with E-state index in [2.05, 4.69) is 5.32 Å². The van der Waals surface area contributed by atoms with E-state index in [0.29, 0.717) is 29.9 Å². The van der Waals surface area contributed by atoms with Gasteiger partial charge >= 0.3 is 5.97 Å². The molecule has 0 aliphatic rings. The summed E-state index contributed by atoms with van der Waals surface area (Å²) in [6.07, 6.45) is 5.11. The van der Waals surface area contributed by atoms with Crippen molar-refractivity contribution in [1.82, 2.24) is 9.88 Å². The number of rotatable bonds is 10. The lowest BCUT2D eigenvalue weighted by atomic mass is 10.00. The normalized spacial score (nSPS) is 11.9. The number of fused-ring (bicyclic) bond motifs is 1. The van der Waals surface area contributed by atoms with Gasteiger partial charge in [0, 0.05) is 35.6 Å². The van der Waals surface area contributed by atoms with Crippen LogP contribution in [0.2, 0.25) is 0 Å². The number of hydrogen-bond donors (Lipinski definition) is 2. The Kier molecular flexibility index (Phi) is 8.42. The molecule has 37 heavy (non-hydrogen) atoms. The maximum Gasteiger partial charge on any atom is 0.337 e. The van der Waals surface area contributed by atoms with Gasteiger partial charge in [-0.05, 0) is 74.2 Å². The number of esters is 1. The van der Waals surface area contributed by atoms with Gasteiger partial charge in [-0.2, -0.15) is 0 Å². The summed E-state index contributed by atoms with van der Waals surface area (Å²) < 4.78 is 12.3. The summed E-state index contributed by atoms with van der Waals surface area (Å²) in [5.41, 5.74) is 9.29. The van der Waals surface area contributed by atoms with Gasteiger partial charge in [0.2, 0.25) is 11.8 Å². The molecule has 8 heteroatoms. The van der Waals surface area contributed by atoms with Crippen molar-refractivity contribution in [1.29, 1.82) is 0 Å². The van der Waals surface area contributed by atoms with Crippen LogP contribution in [0.3, 0.4) is 0 Å². The van der Waals surface area contributed by atoms with Crippen molar-refractivity contribution in [2.45, 2.75) is 46.1 Å². The zero-order valence-electron chi connectivity index (χ0n) is 22.3. The highest BCUT2D eigenvalue weighted by molar-refractivity contribution is 5.98. The van der Waals surface area contributed by atoms with E-state index in [1.807, 2.05) is 48.0 Å². The number of nitrogens with two attached hydrogens (primary N) is 1. The SMILES string of the molecule is CCCNC(=O)/C(C)=C/c1ccc2c(c1)c(Cc1ccc(C(=O)OC)cc1OC)cn2C(C)(C)C(N)=O. The molecule has 3 N–H and O–H groups in total. The summed E-state index contributed by atoms with van der Waals surface area (Å²) in [5, 5.41) is 3.81. The van der Waals surface area contributed by atoms with Crippen LogP contribution in [0, 0.1) is 0 Å². The van der Waals surface area contributed by atoms with Gasteiger partial charge in [0.1, 0.15) is 11.3 Å². The molecule has 0 atom stereocenters. The molecule has 0 spiro atoms. The van der Waals surface area contributed by atoms with E-state index in [-0.39, 0.29) is 5.91 Å². The Morgan fingerprint density at radius 3 is 2.43 bits per heavy atom. The first-order chi connectivity index (χ1) is 17.5. The second kappa shape index (κ2) is 11.3. The fourth-order valence-corrected chi connectivity index (χ4v) is 4.16. The Balaban J connectivity index is 2.13. The van der Waals surface area contributed by atoms with Crippen LogP contribution >= 0.6 is 0 Å². The highest BCUT2D eigenvalue weighted by atomic mass is 16.5. The fraction of sp³-hybridized carbons (Fsp3) is 0.345. The van der Waals surface area contributed by atoms with Crippen molar-refractivity contribution in [3.8, 4) is 5.75 Å². The van der Waals surface area contributed by atoms with E-state index < -0.39 is 17.4 Å². The quantitative estimate of drug-likeness (QED) is 0.317. The van der Waals surface area contributed by atoms with Gasteiger partial charge in [0.25, 0.3) is 0 Å². The number of nitrogens with zero attached hydrogens (tertiary/aromatic N) is 1. The van der Waals surface area contributed by atoms with E-state index in [9.17, 15) is 14.4 Å². The third-order valence-corrected chi connectivity index (χ3v) is 6.48. The average Bonchev–Trinajstić information content (AvgIpc) is 3.25. The lowest BCUT2D eigenvalue weighted by molar-refractivity contribution is -0.124. The Morgan fingerprint density at radius 2 is 1.81 bits per heavy atom. The number of carbonyl (C=O) groups excluding carboxylic acids is 3. The summed E-state index contributed by atoms with van der Waals surface area (Å²) in [4.78, 5) is 36.7. The second-order valence-electron chi connectivity index (χ2n) is 9.50. The van der Waals surface area contributed by atoms with E-state index in [0.717, 1.165) is 34.0 Å². The number of primary amides is 1. The third-order valence-electron chi connectivity index (χ3n) is 6.48. The van der Waals surface area contributed by atoms with Crippen LogP contribution in [0.4, 0.5) is 0 Å². The molecular formula is C29H35N3O5. The summed E-state index contributed by atoms with van der Waals surface area (Å²) in [6, 6.07) is 11.0. The molecule has 1 heterocycles. The van der Waals surface area contributed by atoms with Crippen LogP contribution in [-0.4, -0.2) is 43.1 Å². The monoisotopic (exact) mass is 505 g/mol. The fourth-order valence-electron chi connectivity index (χ4n) is 4.16. The van der Waals surface area contributed by atoms with Crippen LogP contribution in [0.15, 0.2) is 48.2 Å². The Bertz CT molecular complexity index is 1370. The minimum absolute atomic E-state index is 0.106. The first kappa shape index (κ1) is 27.5. The molecule has 0 aliphatic heterocycles. The molecule has 8 nitrogen and oxygen atoms in total. The maximum absolute atomic E-state index is 12.4. The Labute approximate surface area is 217 Å². The van der Waals surface area contributed by atoms with Crippen LogP contribution in [0.5, 0.6) is 5.75 Å². The Morgan fingerprint density at radius 1 is 1.08 bits per heavy atom. The van der Waals surface area contributed by atoms with E-state index in [1.54, 1.807) is 40.0 Å². The first-order valence-corrected chi connectivity index (χ1v) is 12.2. The highest BCUT2D eigenvalue weighted by Crippen LogP contribution is 2.33. The average molecular weight is 506 g/mol. The molecule has 0 aliphatic carbocycles. The van der Waals surface area contributed by atoms with Crippen molar-refractivity contribution in [2.75, 3.05) is 20.8 Å². The summed E-state index contributed by atoms with van der Waals surface area (Å²) in [7, 11) is 2.88. The predicted molar refractivity (Wildman–Crippen MR) is 145 cm³/mol. The zero-order chi connectivity index (χ0) is 27.3. The number of nitrogens with one attached hydrogen (secondary N) is 1. The van der Waals surface area contributed by atoms with Gasteiger partial charge in [0.15, 0.2) is 0 Å². The highest BCUT2D eigenvalue weighted by Gasteiger charge is 2.29. The summed E-state index contributed by atoms with van der Waals surface area (Å²) in [5.74, 6) is -0.453. The molecule has 0 bridgehead atoms. The number of aromatic nitrogens is 1. The van der Waals surface area contributed by atoms with E-state index >= 15 is 0 Å². The number of amides is 2. The van der Waals surface area contributed by atoms with Crippen molar-refractivity contribution in [2.24, 2.45) is 5.73 Å². The molecule has 0 unspecified atom stereocenters. The molecular weight excluding hydrogens is 470 g/mol. The lowest BCUT2D eigenvalue weighted by Gasteiger charge is -2.24. The molecule has 0 radical (unpaired) electrons. The largest absolute Gasteiger partial charge is 0.496 e. The van der Waals surface area contributed by atoms with Crippen molar-refractivity contribution in [3.63, 3.8) is 0 Å². The van der Waals surface area contributed by atoms with Gasteiger partial charge < -0.3 is 25.1 Å². The lowest BCUT2D eigenvalue weighted by Crippen LogP contribution is -2.40. The number of ether oxygens (including phenoxy) is 2. The minimum atomic E-state index is -0.970. The summed E-state index contributed by atoms with van der Waals surface area (Å²) in [6.45, 7) is 7.96. The van der Waals surface area contributed by atoms with Crippen molar-refractivity contribution in [3.05, 3.63) is 70.4 Å². The number of carbonyl (C=O) groups is 3. The molecule has 196 valence electrons. The van der Waals surface area contributed by atoms with Gasteiger partial charge in [0.05, 0.1) is 19.8 Å². The second-order valence-corrected chi connectivity index (χ2v) is 9.50. The van der Waals surface area contributed by atoms with E-state index in [4.69, 9.17) is 15.2 Å². The molecule has 2 amide bonds. The van der Waals surface area contributed by atoms with Crippen LogP contribution in [-0.2, 0) is 26.3 Å². The first-order valence-electron chi connectivity index (χ1n) is 12.2. The molecule has 0 fully saturated rings. The van der Waals surface area contributed by atoms with Crippen molar-refractivity contribution < 1.29 is 23.9 Å². The third kappa shape index (κ3) is 5.85. The van der Waals surface area contributed by atoms with Crippen LogP contribution in [0.25, 0.3) is 17.0 Å². The molecule has 1 aromatic heterocycles. The number of benzene rings is 2. The smallest absolute Gasteiger partial charge is 0.337 e. The predicted octanol–water partition coefficient (Wildman–Crippen LogP) is 4.18. The van der Waals surface area contributed by atoms with Crippen LogP contribution < -0.4 is 15.8 Å². The van der Waals surface area contributed by atoms with Gasteiger partial charge in [-0.25, -0.2) is 4.79 Å². The Hall–Kier alpha value is -4.07. The minimum Gasteiger partial charge on any atom is -0.496 e. The topological polar surface area (TPSA) is 113 Å². The van der Waals surface area contributed by atoms with Gasteiger partial charge in [-0.3, -0.25) is 9.59 Å².